The molecule has 0 saturated heterocycles. The SMILES string of the molecule is CCCCCCCCCCC=C[n+]1ccccc1. The minimum absolute atomic E-state index is 1.21. The predicted octanol–water partition coefficient (Wildman–Crippen LogP) is 4.98. The number of hydrogen-bond acceptors (Lipinski definition) is 0. The van der Waals surface area contributed by atoms with Crippen LogP contribution in [0.25, 0.3) is 6.20 Å². The second-order valence-corrected chi connectivity index (χ2v) is 4.97. The van der Waals surface area contributed by atoms with E-state index >= 15 is 0 Å². The van der Waals surface area contributed by atoms with E-state index in [0.29, 0.717) is 0 Å². The maximum atomic E-state index is 2.27. The van der Waals surface area contributed by atoms with Crippen LogP contribution in [-0.4, -0.2) is 0 Å². The number of aromatic nitrogens is 1. The van der Waals surface area contributed by atoms with E-state index in [9.17, 15) is 0 Å². The molecule has 0 aliphatic carbocycles. The maximum Gasteiger partial charge on any atom is 0.174 e. The van der Waals surface area contributed by atoms with Crippen LogP contribution in [0, 0.1) is 0 Å². The summed E-state index contributed by atoms with van der Waals surface area (Å²) in [5, 5.41) is 0. The van der Waals surface area contributed by atoms with E-state index in [0.717, 1.165) is 0 Å². The molecule has 0 radical (unpaired) electrons. The molecule has 0 aliphatic rings. The van der Waals surface area contributed by atoms with Gasteiger partial charge in [0, 0.05) is 12.1 Å². The lowest BCUT2D eigenvalue weighted by molar-refractivity contribution is -0.568. The summed E-state index contributed by atoms with van der Waals surface area (Å²) in [5.41, 5.74) is 0. The van der Waals surface area contributed by atoms with Gasteiger partial charge in [0.25, 0.3) is 0 Å². The molecule has 0 saturated carbocycles. The third kappa shape index (κ3) is 8.05. The Labute approximate surface area is 113 Å². The zero-order valence-electron chi connectivity index (χ0n) is 11.9. The highest BCUT2D eigenvalue weighted by Crippen LogP contribution is 2.09. The van der Waals surface area contributed by atoms with E-state index in [4.69, 9.17) is 0 Å². The van der Waals surface area contributed by atoms with Gasteiger partial charge in [-0.25, -0.2) is 0 Å². The molecule has 0 aromatic carbocycles. The third-order valence-corrected chi connectivity index (χ3v) is 3.24. The molecule has 1 nitrogen and oxygen atoms in total. The second-order valence-electron chi connectivity index (χ2n) is 4.97. The smallest absolute Gasteiger partial charge is 0.174 e. The lowest BCUT2D eigenvalue weighted by Crippen LogP contribution is -2.23. The van der Waals surface area contributed by atoms with Crippen LogP contribution in [0.5, 0.6) is 0 Å². The maximum absolute atomic E-state index is 2.27. The molecular weight excluding hydrogens is 218 g/mol. The summed E-state index contributed by atoms with van der Waals surface area (Å²) in [6, 6.07) is 6.16. The highest BCUT2D eigenvalue weighted by molar-refractivity contribution is 5.06. The highest BCUT2D eigenvalue weighted by atomic mass is 14.9. The average molecular weight is 246 g/mol. The van der Waals surface area contributed by atoms with Crippen LogP contribution in [0.4, 0.5) is 0 Å². The molecule has 0 fully saturated rings. The van der Waals surface area contributed by atoms with Crippen molar-refractivity contribution in [3.63, 3.8) is 0 Å². The molecule has 0 spiro atoms. The molecule has 0 atom stereocenters. The number of rotatable bonds is 10. The van der Waals surface area contributed by atoms with Crippen LogP contribution in [-0.2, 0) is 0 Å². The van der Waals surface area contributed by atoms with Crippen molar-refractivity contribution in [2.24, 2.45) is 0 Å². The first kappa shape index (κ1) is 14.9. The van der Waals surface area contributed by atoms with Gasteiger partial charge in [-0.05, 0) is 18.9 Å². The van der Waals surface area contributed by atoms with Crippen molar-refractivity contribution in [3.8, 4) is 0 Å². The summed E-state index contributed by atoms with van der Waals surface area (Å²) >= 11 is 0. The van der Waals surface area contributed by atoms with Crippen LogP contribution in [0.3, 0.4) is 0 Å². The average Bonchev–Trinajstić information content (AvgIpc) is 2.42. The molecule has 1 rings (SSSR count). The Hall–Kier alpha value is -1.11. The second kappa shape index (κ2) is 11.0. The van der Waals surface area contributed by atoms with E-state index < -0.39 is 0 Å². The molecule has 0 aliphatic heterocycles. The summed E-state index contributed by atoms with van der Waals surface area (Å²) in [5.74, 6) is 0. The van der Waals surface area contributed by atoms with E-state index in [1.807, 2.05) is 6.07 Å². The Morgan fingerprint density at radius 3 is 2.06 bits per heavy atom. The van der Waals surface area contributed by atoms with Gasteiger partial charge in [-0.2, -0.15) is 4.57 Å². The van der Waals surface area contributed by atoms with Gasteiger partial charge < -0.3 is 0 Å². The fraction of sp³-hybridized carbons (Fsp3) is 0.588. The Bertz CT molecular complexity index is 303. The monoisotopic (exact) mass is 246 g/mol. The zero-order valence-corrected chi connectivity index (χ0v) is 11.9. The van der Waals surface area contributed by atoms with Gasteiger partial charge in [-0.3, -0.25) is 0 Å². The normalized spacial score (nSPS) is 11.2. The molecule has 1 aromatic heterocycles. The van der Waals surface area contributed by atoms with Gasteiger partial charge in [0.2, 0.25) is 0 Å². The van der Waals surface area contributed by atoms with Crippen LogP contribution in [0.1, 0.15) is 64.7 Å². The number of unbranched alkanes of at least 4 members (excludes halogenated alkanes) is 8. The number of allylic oxidation sites excluding steroid dienone is 1. The Kier molecular flexibility index (Phi) is 9.14. The summed E-state index contributed by atoms with van der Waals surface area (Å²) in [6.45, 7) is 2.27. The minimum Gasteiger partial charge on any atom is -0.174 e. The minimum atomic E-state index is 1.21. The first-order valence-corrected chi connectivity index (χ1v) is 7.56. The van der Waals surface area contributed by atoms with Gasteiger partial charge in [0.15, 0.2) is 18.6 Å². The zero-order chi connectivity index (χ0) is 12.9. The fourth-order valence-corrected chi connectivity index (χ4v) is 2.10. The molecule has 0 N–H and O–H groups in total. The van der Waals surface area contributed by atoms with E-state index in [1.165, 1.54) is 57.8 Å². The van der Waals surface area contributed by atoms with Crippen molar-refractivity contribution >= 4 is 6.20 Å². The van der Waals surface area contributed by atoms with Gasteiger partial charge >= 0.3 is 0 Å². The van der Waals surface area contributed by atoms with Crippen molar-refractivity contribution in [1.29, 1.82) is 0 Å². The molecular formula is C17H28N+. The molecule has 0 bridgehead atoms. The molecule has 0 unspecified atom stereocenters. The van der Waals surface area contributed by atoms with E-state index in [2.05, 4.69) is 48.3 Å². The van der Waals surface area contributed by atoms with Crippen molar-refractivity contribution in [2.45, 2.75) is 64.7 Å². The molecule has 18 heavy (non-hydrogen) atoms. The quantitative estimate of drug-likeness (QED) is 0.405. The topological polar surface area (TPSA) is 3.88 Å². The van der Waals surface area contributed by atoms with Crippen LogP contribution in [0.15, 0.2) is 36.7 Å². The first-order valence-electron chi connectivity index (χ1n) is 7.56. The van der Waals surface area contributed by atoms with Crippen molar-refractivity contribution in [2.75, 3.05) is 0 Å². The number of hydrogen-bond donors (Lipinski definition) is 0. The highest BCUT2D eigenvalue weighted by Gasteiger charge is 1.92. The lowest BCUT2D eigenvalue weighted by atomic mass is 10.1. The van der Waals surface area contributed by atoms with E-state index in [-0.39, 0.29) is 0 Å². The Balaban J connectivity index is 1.91. The Morgan fingerprint density at radius 2 is 1.39 bits per heavy atom. The summed E-state index contributed by atoms with van der Waals surface area (Å²) in [7, 11) is 0. The van der Waals surface area contributed by atoms with Crippen LogP contribution < -0.4 is 4.57 Å². The number of pyridine rings is 1. The van der Waals surface area contributed by atoms with Gasteiger partial charge in [-0.15, -0.1) is 0 Å². The van der Waals surface area contributed by atoms with Crippen molar-refractivity contribution < 1.29 is 4.57 Å². The Morgan fingerprint density at radius 1 is 0.778 bits per heavy atom. The van der Waals surface area contributed by atoms with E-state index in [1.54, 1.807) is 0 Å². The molecule has 1 heterocycles. The number of nitrogens with zero attached hydrogens (tertiary/aromatic N) is 1. The fourth-order valence-electron chi connectivity index (χ4n) is 2.10. The summed E-state index contributed by atoms with van der Waals surface area (Å²) in [4.78, 5) is 0. The third-order valence-electron chi connectivity index (χ3n) is 3.24. The van der Waals surface area contributed by atoms with Gasteiger partial charge in [-0.1, -0.05) is 57.9 Å². The van der Waals surface area contributed by atoms with Crippen LogP contribution in [0.2, 0.25) is 0 Å². The largest absolute Gasteiger partial charge is 0.174 e. The molecule has 100 valence electrons. The van der Waals surface area contributed by atoms with Crippen molar-refractivity contribution in [3.05, 3.63) is 36.7 Å². The van der Waals surface area contributed by atoms with Gasteiger partial charge in [0.1, 0.15) is 0 Å². The van der Waals surface area contributed by atoms with Crippen LogP contribution >= 0.6 is 0 Å². The summed E-state index contributed by atoms with van der Waals surface area (Å²) < 4.78 is 2.10. The first-order chi connectivity index (χ1) is 8.93. The standard InChI is InChI=1S/C17H28N/c1-2-3-4-5-6-7-8-9-10-12-15-18-16-13-11-14-17-18/h11-17H,2-10H2,1H3/q+1. The molecule has 0 amide bonds. The van der Waals surface area contributed by atoms with Gasteiger partial charge in [0.05, 0.1) is 0 Å². The predicted molar refractivity (Wildman–Crippen MR) is 79.2 cm³/mol. The molecule has 1 aromatic rings. The lowest BCUT2D eigenvalue weighted by Gasteiger charge is -1.99. The molecule has 1 heteroatoms. The van der Waals surface area contributed by atoms with Crippen molar-refractivity contribution in [1.82, 2.24) is 0 Å². The summed E-state index contributed by atoms with van der Waals surface area (Å²) in [6.07, 6.45) is 21.0.